The largest absolute Gasteiger partial charge is 0.445 e. The van der Waals surface area contributed by atoms with Crippen molar-refractivity contribution in [2.24, 2.45) is 5.92 Å². The maximum absolute atomic E-state index is 11.7. The summed E-state index contributed by atoms with van der Waals surface area (Å²) >= 11 is 0. The number of aliphatic hydroxyl groups excluding tert-OH is 1. The molecule has 0 bridgehead atoms. The van der Waals surface area contributed by atoms with E-state index < -0.39 is 6.10 Å². The summed E-state index contributed by atoms with van der Waals surface area (Å²) in [4.78, 5) is 15.8. The average molecular weight is 303 g/mol. The first-order chi connectivity index (χ1) is 10.6. The number of aliphatic hydroxyl groups is 1. The summed E-state index contributed by atoms with van der Waals surface area (Å²) in [5.41, 5.74) is 1.52. The number of anilines is 1. The average Bonchev–Trinajstić information content (AvgIpc) is 3.02. The van der Waals surface area contributed by atoms with Gasteiger partial charge in [0.2, 0.25) is 5.89 Å². The predicted molar refractivity (Wildman–Crippen MR) is 84.4 cm³/mol. The Labute approximate surface area is 129 Å². The molecule has 0 aliphatic heterocycles. The third kappa shape index (κ3) is 4.60. The van der Waals surface area contributed by atoms with Crippen molar-refractivity contribution < 1.29 is 14.3 Å². The van der Waals surface area contributed by atoms with Gasteiger partial charge in [-0.15, -0.1) is 0 Å². The Morgan fingerprint density at radius 2 is 2.05 bits per heavy atom. The maximum Gasteiger partial charge on any atom is 0.319 e. The second kappa shape index (κ2) is 7.61. The van der Waals surface area contributed by atoms with Gasteiger partial charge in [-0.3, -0.25) is 0 Å². The van der Waals surface area contributed by atoms with Crippen LogP contribution in [0.3, 0.4) is 0 Å². The molecule has 1 unspecified atom stereocenters. The normalized spacial score (nSPS) is 12.2. The van der Waals surface area contributed by atoms with Gasteiger partial charge in [-0.25, -0.2) is 9.78 Å². The molecule has 0 radical (unpaired) electrons. The summed E-state index contributed by atoms with van der Waals surface area (Å²) < 4.78 is 5.20. The fourth-order valence-electron chi connectivity index (χ4n) is 1.90. The van der Waals surface area contributed by atoms with Gasteiger partial charge in [-0.2, -0.15) is 0 Å². The molecule has 22 heavy (non-hydrogen) atoms. The number of hydrogen-bond acceptors (Lipinski definition) is 4. The van der Waals surface area contributed by atoms with Crippen molar-refractivity contribution in [1.29, 1.82) is 0 Å². The van der Waals surface area contributed by atoms with Gasteiger partial charge in [0.15, 0.2) is 0 Å². The number of amides is 2. The van der Waals surface area contributed by atoms with Crippen LogP contribution in [0.4, 0.5) is 10.5 Å². The molecule has 6 nitrogen and oxygen atoms in total. The maximum atomic E-state index is 11.7. The Kier molecular flexibility index (Phi) is 5.55. The molecule has 0 aliphatic rings. The summed E-state index contributed by atoms with van der Waals surface area (Å²) in [7, 11) is 0. The van der Waals surface area contributed by atoms with Gasteiger partial charge in [-0.05, 0) is 36.6 Å². The number of nitrogens with zero attached hydrogens (tertiary/aromatic N) is 1. The van der Waals surface area contributed by atoms with Gasteiger partial charge in [-0.1, -0.05) is 13.8 Å². The molecule has 1 aromatic heterocycles. The van der Waals surface area contributed by atoms with Crippen molar-refractivity contribution in [3.8, 4) is 11.5 Å². The van der Waals surface area contributed by atoms with Crippen molar-refractivity contribution >= 4 is 11.7 Å². The number of hydrogen-bond donors (Lipinski definition) is 3. The Balaban J connectivity index is 1.79. The minimum absolute atomic E-state index is 0.188. The van der Waals surface area contributed by atoms with Crippen LogP contribution in [-0.4, -0.2) is 28.8 Å². The summed E-state index contributed by atoms with van der Waals surface area (Å²) in [6.45, 7) is 4.32. The van der Waals surface area contributed by atoms with Crippen molar-refractivity contribution in [2.45, 2.75) is 26.4 Å². The molecule has 118 valence electrons. The molecule has 0 fully saturated rings. The van der Waals surface area contributed by atoms with Gasteiger partial charge in [0.05, 0.1) is 12.3 Å². The van der Waals surface area contributed by atoms with Crippen molar-refractivity contribution in [3.63, 3.8) is 0 Å². The first-order valence-corrected chi connectivity index (χ1v) is 7.29. The lowest BCUT2D eigenvalue weighted by Crippen LogP contribution is -2.32. The van der Waals surface area contributed by atoms with E-state index in [1.807, 2.05) is 26.0 Å². The van der Waals surface area contributed by atoms with Crippen LogP contribution in [0.15, 0.2) is 41.1 Å². The second-order valence-electron chi connectivity index (χ2n) is 5.40. The molecule has 2 amide bonds. The smallest absolute Gasteiger partial charge is 0.319 e. The molecular formula is C16H21N3O3. The third-order valence-electron chi connectivity index (χ3n) is 3.32. The summed E-state index contributed by atoms with van der Waals surface area (Å²) in [6.07, 6.45) is 3.23. The molecule has 0 saturated heterocycles. The van der Waals surface area contributed by atoms with Crippen LogP contribution in [0.25, 0.3) is 11.5 Å². The molecule has 0 aliphatic carbocycles. The SMILES string of the molecule is CC(C)C(O)CCNC(=O)Nc1ccc(-c2ncco2)cc1. The molecule has 2 aromatic rings. The topological polar surface area (TPSA) is 87.4 Å². The highest BCUT2D eigenvalue weighted by atomic mass is 16.3. The first kappa shape index (κ1) is 16.0. The zero-order chi connectivity index (χ0) is 15.9. The molecular weight excluding hydrogens is 282 g/mol. The predicted octanol–water partition coefficient (Wildman–Crippen LogP) is 2.87. The molecule has 6 heteroatoms. The summed E-state index contributed by atoms with van der Waals surface area (Å²) in [5, 5.41) is 15.1. The Hall–Kier alpha value is -2.34. The van der Waals surface area contributed by atoms with Crippen molar-refractivity contribution in [3.05, 3.63) is 36.7 Å². The Morgan fingerprint density at radius 1 is 1.32 bits per heavy atom. The van der Waals surface area contributed by atoms with Crippen LogP contribution in [0, 0.1) is 5.92 Å². The van der Waals surface area contributed by atoms with Crippen LogP contribution in [-0.2, 0) is 0 Å². The fraction of sp³-hybridized carbons (Fsp3) is 0.375. The van der Waals surface area contributed by atoms with E-state index >= 15 is 0 Å². The van der Waals surface area contributed by atoms with Crippen LogP contribution in [0.2, 0.25) is 0 Å². The van der Waals surface area contributed by atoms with E-state index in [9.17, 15) is 9.90 Å². The van der Waals surface area contributed by atoms with E-state index in [-0.39, 0.29) is 11.9 Å². The van der Waals surface area contributed by atoms with Gasteiger partial charge < -0.3 is 20.2 Å². The summed E-state index contributed by atoms with van der Waals surface area (Å²) in [6, 6.07) is 6.91. The number of benzene rings is 1. The first-order valence-electron chi connectivity index (χ1n) is 7.29. The number of carbonyl (C=O) groups excluding carboxylic acids is 1. The monoisotopic (exact) mass is 303 g/mol. The highest BCUT2D eigenvalue weighted by Gasteiger charge is 2.09. The second-order valence-corrected chi connectivity index (χ2v) is 5.40. The Morgan fingerprint density at radius 3 is 2.64 bits per heavy atom. The molecule has 1 heterocycles. The molecule has 0 saturated carbocycles. The number of urea groups is 1. The van der Waals surface area contributed by atoms with Crippen LogP contribution >= 0.6 is 0 Å². The molecule has 2 rings (SSSR count). The number of carbonyl (C=O) groups is 1. The van der Waals surface area contributed by atoms with Crippen LogP contribution in [0.5, 0.6) is 0 Å². The van der Waals surface area contributed by atoms with Gasteiger partial charge in [0.1, 0.15) is 6.26 Å². The van der Waals surface area contributed by atoms with Gasteiger partial charge in [0.25, 0.3) is 0 Å². The molecule has 1 atom stereocenters. The quantitative estimate of drug-likeness (QED) is 0.765. The standard InChI is InChI=1S/C16H21N3O3/c1-11(2)14(20)7-8-18-16(21)19-13-5-3-12(4-6-13)15-17-9-10-22-15/h3-6,9-11,14,20H,7-8H2,1-2H3,(H2,18,19,21). The van der Waals surface area contributed by atoms with E-state index in [2.05, 4.69) is 15.6 Å². The minimum atomic E-state index is -0.402. The number of oxazole rings is 1. The zero-order valence-electron chi connectivity index (χ0n) is 12.7. The number of aromatic nitrogens is 1. The van der Waals surface area contributed by atoms with E-state index in [0.717, 1.165) is 5.56 Å². The van der Waals surface area contributed by atoms with E-state index in [1.54, 1.807) is 18.3 Å². The minimum Gasteiger partial charge on any atom is -0.445 e. The van der Waals surface area contributed by atoms with E-state index in [0.29, 0.717) is 24.5 Å². The highest BCUT2D eigenvalue weighted by Crippen LogP contribution is 2.19. The lowest BCUT2D eigenvalue weighted by Gasteiger charge is -2.14. The molecule has 3 N–H and O–H groups in total. The number of nitrogens with one attached hydrogen (secondary N) is 2. The molecule has 0 spiro atoms. The van der Waals surface area contributed by atoms with Gasteiger partial charge >= 0.3 is 6.03 Å². The number of rotatable bonds is 6. The van der Waals surface area contributed by atoms with Crippen LogP contribution < -0.4 is 10.6 Å². The fourth-order valence-corrected chi connectivity index (χ4v) is 1.90. The van der Waals surface area contributed by atoms with Crippen molar-refractivity contribution in [1.82, 2.24) is 10.3 Å². The van der Waals surface area contributed by atoms with Crippen molar-refractivity contribution in [2.75, 3.05) is 11.9 Å². The van der Waals surface area contributed by atoms with Gasteiger partial charge in [0, 0.05) is 17.8 Å². The molecule has 1 aromatic carbocycles. The summed E-state index contributed by atoms with van der Waals surface area (Å²) in [5.74, 6) is 0.728. The highest BCUT2D eigenvalue weighted by molar-refractivity contribution is 5.89. The third-order valence-corrected chi connectivity index (χ3v) is 3.32. The zero-order valence-corrected chi connectivity index (χ0v) is 12.7. The van der Waals surface area contributed by atoms with E-state index in [1.165, 1.54) is 6.26 Å². The van der Waals surface area contributed by atoms with E-state index in [4.69, 9.17) is 4.42 Å². The Bertz CT molecular complexity index is 579. The van der Waals surface area contributed by atoms with Crippen LogP contribution in [0.1, 0.15) is 20.3 Å². The lowest BCUT2D eigenvalue weighted by molar-refractivity contribution is 0.117. The lowest BCUT2D eigenvalue weighted by atomic mass is 10.0.